The van der Waals surface area contributed by atoms with Crippen molar-refractivity contribution in [1.82, 2.24) is 0 Å². The zero-order chi connectivity index (χ0) is 23.6. The summed E-state index contributed by atoms with van der Waals surface area (Å²) in [6.45, 7) is 1.55. The van der Waals surface area contributed by atoms with Gasteiger partial charge in [-0.2, -0.15) is 0 Å². The smallest absolute Gasteiger partial charge is 0.332 e. The molecule has 188 valence electrons. The van der Waals surface area contributed by atoms with Crippen LogP contribution in [-0.4, -0.2) is 56.9 Å². The molecule has 1 atom stereocenters. The first-order valence-electron chi connectivity index (χ1n) is 12.8. The van der Waals surface area contributed by atoms with Gasteiger partial charge in [0.25, 0.3) is 0 Å². The Kier molecular flexibility index (Phi) is 28.7. The summed E-state index contributed by atoms with van der Waals surface area (Å²) in [5.41, 5.74) is 0. The Hall–Kier alpha value is -0.690. The van der Waals surface area contributed by atoms with E-state index in [1.807, 2.05) is 0 Å². The van der Waals surface area contributed by atoms with Gasteiger partial charge in [-0.3, -0.25) is 0 Å². The summed E-state index contributed by atoms with van der Waals surface area (Å²) in [6.07, 6.45) is 22.2. The van der Waals surface area contributed by atoms with E-state index in [0.717, 1.165) is 12.8 Å². The number of carboxylic acids is 1. The number of carbonyl (C=O) groups is 1. The minimum Gasteiger partial charge on any atom is -0.479 e. The van der Waals surface area contributed by atoms with E-state index in [-0.39, 0.29) is 13.2 Å². The summed E-state index contributed by atoms with van der Waals surface area (Å²) in [5.74, 6) is -1.09. The van der Waals surface area contributed by atoms with Crippen molar-refractivity contribution in [3.63, 3.8) is 0 Å². The number of aliphatic hydroxyl groups is 4. The monoisotopic (exact) mass is 448 g/mol. The van der Waals surface area contributed by atoms with Crippen molar-refractivity contribution in [1.29, 1.82) is 0 Å². The van der Waals surface area contributed by atoms with Gasteiger partial charge >= 0.3 is 5.97 Å². The lowest BCUT2D eigenvalue weighted by atomic mass is 10.0. The highest BCUT2D eigenvalue weighted by molar-refractivity contribution is 5.71. The van der Waals surface area contributed by atoms with Crippen LogP contribution in [0.25, 0.3) is 0 Å². The molecule has 0 rings (SSSR count). The molecule has 0 amide bonds. The number of hydrogen-bond donors (Lipinski definition) is 5. The third kappa shape index (κ3) is 29.3. The predicted octanol–water partition coefficient (Wildman–Crippen LogP) is 5.20. The zero-order valence-corrected chi connectivity index (χ0v) is 20.1. The van der Waals surface area contributed by atoms with Gasteiger partial charge in [-0.1, -0.05) is 122 Å². The van der Waals surface area contributed by atoms with E-state index in [1.165, 1.54) is 103 Å². The van der Waals surface area contributed by atoms with Gasteiger partial charge in [0.15, 0.2) is 6.10 Å². The number of aliphatic hydroxyl groups excluding tert-OH is 4. The molecule has 0 radical (unpaired) electrons. The predicted molar refractivity (Wildman–Crippen MR) is 127 cm³/mol. The highest BCUT2D eigenvalue weighted by Gasteiger charge is 2.11. The number of unbranched alkanes of at least 4 members (excludes halogenated alkanes) is 17. The van der Waals surface area contributed by atoms with Crippen LogP contribution >= 0.6 is 0 Å². The number of carboxylic acid groups (broad SMARTS) is 1. The SMILES string of the molecule is CCCCCCCCCCCCCCCCCCCCC(O)C(=O)O.OCC(O)CO. The van der Waals surface area contributed by atoms with Crippen molar-refractivity contribution in [2.45, 2.75) is 141 Å². The molecule has 31 heavy (non-hydrogen) atoms. The maximum atomic E-state index is 10.5. The van der Waals surface area contributed by atoms with Crippen LogP contribution in [0.15, 0.2) is 0 Å². The Morgan fingerprint density at radius 1 is 0.581 bits per heavy atom. The Balaban J connectivity index is 0. The van der Waals surface area contributed by atoms with Gasteiger partial charge in [-0.05, 0) is 6.42 Å². The second-order valence-corrected chi connectivity index (χ2v) is 8.67. The minimum atomic E-state index is -1.17. The molecule has 5 N–H and O–H groups in total. The van der Waals surface area contributed by atoms with E-state index in [9.17, 15) is 4.79 Å². The number of hydrogen-bond acceptors (Lipinski definition) is 5. The number of rotatable bonds is 22. The lowest BCUT2D eigenvalue weighted by molar-refractivity contribution is -0.146. The lowest BCUT2D eigenvalue weighted by Gasteiger charge is -2.05. The maximum absolute atomic E-state index is 10.5. The first kappa shape index (κ1) is 32.5. The van der Waals surface area contributed by atoms with Gasteiger partial charge in [0.2, 0.25) is 0 Å². The van der Waals surface area contributed by atoms with Crippen LogP contribution < -0.4 is 0 Å². The molecule has 0 saturated heterocycles. The molecule has 0 aliphatic rings. The summed E-state index contributed by atoms with van der Waals surface area (Å²) in [4.78, 5) is 10.5. The molecule has 0 aliphatic carbocycles. The molecule has 0 saturated carbocycles. The largest absolute Gasteiger partial charge is 0.479 e. The Morgan fingerprint density at radius 3 is 1.10 bits per heavy atom. The lowest BCUT2D eigenvalue weighted by Crippen LogP contribution is -2.18. The Morgan fingerprint density at radius 2 is 0.871 bits per heavy atom. The molecule has 0 aromatic heterocycles. The van der Waals surface area contributed by atoms with E-state index in [1.54, 1.807) is 0 Å². The summed E-state index contributed by atoms with van der Waals surface area (Å²) in [5, 5.41) is 41.8. The van der Waals surface area contributed by atoms with E-state index >= 15 is 0 Å². The third-order valence-corrected chi connectivity index (χ3v) is 5.54. The van der Waals surface area contributed by atoms with Gasteiger partial charge in [0, 0.05) is 0 Å². The second-order valence-electron chi connectivity index (χ2n) is 8.67. The van der Waals surface area contributed by atoms with Crippen LogP contribution in [0.3, 0.4) is 0 Å². The van der Waals surface area contributed by atoms with Crippen molar-refractivity contribution < 1.29 is 30.3 Å². The average Bonchev–Trinajstić information content (AvgIpc) is 2.77. The molecule has 0 spiro atoms. The molecule has 6 nitrogen and oxygen atoms in total. The molecular formula is C25H52O6. The first-order valence-corrected chi connectivity index (χ1v) is 12.8. The van der Waals surface area contributed by atoms with Gasteiger partial charge in [0.05, 0.1) is 13.2 Å². The van der Waals surface area contributed by atoms with Crippen molar-refractivity contribution in [2.75, 3.05) is 13.2 Å². The standard InChI is InChI=1S/C22H44O3.C3H8O3/c1-2-3-4-5-6-7-8-9-10-11-12-13-14-15-16-17-18-19-20-21(23)22(24)25;4-1-3(6)2-5/h21,23H,2-20H2,1H3,(H,24,25);3-6H,1-2H2. The second kappa shape index (κ2) is 27.3. The molecule has 0 aliphatic heterocycles. The Labute approximate surface area is 191 Å². The van der Waals surface area contributed by atoms with E-state index in [0.29, 0.717) is 6.42 Å². The van der Waals surface area contributed by atoms with Crippen molar-refractivity contribution in [2.24, 2.45) is 0 Å². The van der Waals surface area contributed by atoms with Gasteiger partial charge in [-0.25, -0.2) is 4.79 Å². The molecule has 0 fully saturated rings. The van der Waals surface area contributed by atoms with Gasteiger partial charge in [-0.15, -0.1) is 0 Å². The number of aliphatic carboxylic acids is 1. The topological polar surface area (TPSA) is 118 Å². The molecule has 1 unspecified atom stereocenters. The van der Waals surface area contributed by atoms with Crippen LogP contribution in [0.1, 0.15) is 129 Å². The van der Waals surface area contributed by atoms with Gasteiger partial charge < -0.3 is 25.5 Å². The van der Waals surface area contributed by atoms with E-state index < -0.39 is 18.2 Å². The van der Waals surface area contributed by atoms with Crippen LogP contribution in [0.2, 0.25) is 0 Å². The summed E-state index contributed by atoms with van der Waals surface area (Å²) in [7, 11) is 0. The normalized spacial score (nSPS) is 11.9. The summed E-state index contributed by atoms with van der Waals surface area (Å²) < 4.78 is 0. The average molecular weight is 449 g/mol. The first-order chi connectivity index (χ1) is 15.0. The fourth-order valence-corrected chi connectivity index (χ4v) is 3.42. The molecular weight excluding hydrogens is 396 g/mol. The molecule has 0 heterocycles. The zero-order valence-electron chi connectivity index (χ0n) is 20.1. The maximum Gasteiger partial charge on any atom is 0.332 e. The quantitative estimate of drug-likeness (QED) is 0.145. The van der Waals surface area contributed by atoms with Crippen LogP contribution in [0.5, 0.6) is 0 Å². The fourth-order valence-electron chi connectivity index (χ4n) is 3.42. The van der Waals surface area contributed by atoms with Crippen molar-refractivity contribution >= 4 is 5.97 Å². The highest BCUT2D eigenvalue weighted by Crippen LogP contribution is 2.14. The van der Waals surface area contributed by atoms with Crippen molar-refractivity contribution in [3.8, 4) is 0 Å². The molecule has 0 aromatic rings. The van der Waals surface area contributed by atoms with E-state index in [4.69, 9.17) is 25.5 Å². The summed E-state index contributed by atoms with van der Waals surface area (Å²) in [6, 6.07) is 0. The third-order valence-electron chi connectivity index (χ3n) is 5.54. The molecule has 0 bridgehead atoms. The van der Waals surface area contributed by atoms with Crippen LogP contribution in [-0.2, 0) is 4.79 Å². The highest BCUT2D eigenvalue weighted by atomic mass is 16.4. The summed E-state index contributed by atoms with van der Waals surface area (Å²) >= 11 is 0. The molecule has 6 heteroatoms. The van der Waals surface area contributed by atoms with E-state index in [2.05, 4.69) is 6.92 Å². The Bertz CT molecular complexity index is 347. The fraction of sp³-hybridized carbons (Fsp3) is 0.960. The van der Waals surface area contributed by atoms with Crippen LogP contribution in [0, 0.1) is 0 Å². The molecule has 0 aromatic carbocycles. The van der Waals surface area contributed by atoms with Gasteiger partial charge in [0.1, 0.15) is 6.10 Å². The van der Waals surface area contributed by atoms with Crippen LogP contribution in [0.4, 0.5) is 0 Å². The van der Waals surface area contributed by atoms with Crippen molar-refractivity contribution in [3.05, 3.63) is 0 Å². The minimum absolute atomic E-state index is 0.365.